The minimum atomic E-state index is 0.637. The van der Waals surface area contributed by atoms with Crippen molar-refractivity contribution in [3.63, 3.8) is 0 Å². The Kier molecular flexibility index (Phi) is 2.60. The summed E-state index contributed by atoms with van der Waals surface area (Å²) in [6.07, 6.45) is 3.35. The van der Waals surface area contributed by atoms with Crippen molar-refractivity contribution in [2.45, 2.75) is 6.92 Å². The number of ether oxygens (including phenoxy) is 1. The summed E-state index contributed by atoms with van der Waals surface area (Å²) in [5.74, 6) is 1.36. The fraction of sp³-hybridized carbons (Fsp3) is 0.250. The smallest absolute Gasteiger partial charge is 0.186 e. The summed E-state index contributed by atoms with van der Waals surface area (Å²) in [5, 5.41) is 0. The highest BCUT2D eigenvalue weighted by molar-refractivity contribution is 5.75. The molecule has 1 aromatic heterocycles. The van der Waals surface area contributed by atoms with E-state index in [1.54, 1.807) is 26.4 Å². The summed E-state index contributed by atoms with van der Waals surface area (Å²) in [4.78, 5) is 7.74. The first-order chi connectivity index (χ1) is 5.33. The molecule has 0 aliphatic heterocycles. The summed E-state index contributed by atoms with van der Waals surface area (Å²) < 4.78 is 5.25. The van der Waals surface area contributed by atoms with Crippen LogP contribution >= 0.6 is 0 Å². The van der Waals surface area contributed by atoms with Crippen LogP contribution in [0.25, 0.3) is 0 Å². The largest absolute Gasteiger partial charge is 0.442 e. The molecule has 0 radical (unpaired) electrons. The van der Waals surface area contributed by atoms with Gasteiger partial charge in [0, 0.05) is 20.2 Å². The molecule has 58 valence electrons. The highest BCUT2D eigenvalue weighted by Gasteiger charge is 1.92. The van der Waals surface area contributed by atoms with Crippen LogP contribution in [0.5, 0.6) is 5.75 Å². The van der Waals surface area contributed by atoms with Crippen molar-refractivity contribution in [2.75, 3.05) is 7.05 Å². The number of hydrogen-bond acceptors (Lipinski definition) is 3. The van der Waals surface area contributed by atoms with E-state index in [0.29, 0.717) is 5.90 Å². The Morgan fingerprint density at radius 1 is 1.64 bits per heavy atom. The second kappa shape index (κ2) is 3.71. The predicted octanol–water partition coefficient (Wildman–Crippen LogP) is 1.51. The minimum absolute atomic E-state index is 0.637. The van der Waals surface area contributed by atoms with Crippen molar-refractivity contribution < 1.29 is 4.74 Å². The number of hydrogen-bond donors (Lipinski definition) is 0. The van der Waals surface area contributed by atoms with Crippen molar-refractivity contribution >= 4 is 5.90 Å². The zero-order chi connectivity index (χ0) is 8.10. The van der Waals surface area contributed by atoms with Crippen molar-refractivity contribution in [1.82, 2.24) is 4.98 Å². The van der Waals surface area contributed by atoms with Crippen LogP contribution in [0.3, 0.4) is 0 Å². The molecule has 0 unspecified atom stereocenters. The fourth-order valence-electron chi connectivity index (χ4n) is 0.624. The quantitative estimate of drug-likeness (QED) is 0.449. The standard InChI is InChI=1S/C8H10N2O/c1-7(9-2)11-8-4-3-5-10-6-8/h3-6H,1-2H3/b9-7-. The van der Waals surface area contributed by atoms with Gasteiger partial charge in [0.2, 0.25) is 0 Å². The Morgan fingerprint density at radius 2 is 2.45 bits per heavy atom. The zero-order valence-corrected chi connectivity index (χ0v) is 6.61. The first kappa shape index (κ1) is 7.72. The van der Waals surface area contributed by atoms with Gasteiger partial charge in [-0.25, -0.2) is 0 Å². The molecule has 11 heavy (non-hydrogen) atoms. The summed E-state index contributed by atoms with van der Waals surface area (Å²) in [6.45, 7) is 1.80. The van der Waals surface area contributed by atoms with Gasteiger partial charge < -0.3 is 4.74 Å². The number of rotatable bonds is 1. The Morgan fingerprint density at radius 3 is 3.00 bits per heavy atom. The van der Waals surface area contributed by atoms with Crippen LogP contribution < -0.4 is 4.74 Å². The lowest BCUT2D eigenvalue weighted by Gasteiger charge is -2.01. The van der Waals surface area contributed by atoms with Crippen molar-refractivity contribution in [1.29, 1.82) is 0 Å². The van der Waals surface area contributed by atoms with Crippen molar-refractivity contribution in [2.24, 2.45) is 4.99 Å². The van der Waals surface area contributed by atoms with Gasteiger partial charge in [-0.3, -0.25) is 9.98 Å². The van der Waals surface area contributed by atoms with E-state index in [1.165, 1.54) is 0 Å². The Balaban J connectivity index is 2.65. The Labute approximate surface area is 65.8 Å². The van der Waals surface area contributed by atoms with Gasteiger partial charge in [0.15, 0.2) is 5.90 Å². The van der Waals surface area contributed by atoms with Crippen LogP contribution in [-0.4, -0.2) is 17.9 Å². The monoisotopic (exact) mass is 150 g/mol. The Bertz CT molecular complexity index is 244. The van der Waals surface area contributed by atoms with Gasteiger partial charge in [-0.1, -0.05) is 0 Å². The van der Waals surface area contributed by atoms with E-state index in [4.69, 9.17) is 4.74 Å². The van der Waals surface area contributed by atoms with Gasteiger partial charge in [-0.05, 0) is 12.1 Å². The molecular formula is C8H10N2O. The molecule has 1 aromatic rings. The van der Waals surface area contributed by atoms with Gasteiger partial charge in [-0.2, -0.15) is 0 Å². The molecule has 0 aliphatic carbocycles. The zero-order valence-electron chi connectivity index (χ0n) is 6.61. The third-order valence-corrected chi connectivity index (χ3v) is 1.21. The van der Waals surface area contributed by atoms with Crippen LogP contribution in [0.2, 0.25) is 0 Å². The van der Waals surface area contributed by atoms with E-state index in [9.17, 15) is 0 Å². The molecule has 0 aliphatic rings. The maximum absolute atomic E-state index is 5.25. The SMILES string of the molecule is C/N=C(/C)Oc1cccnc1. The fourth-order valence-corrected chi connectivity index (χ4v) is 0.624. The third-order valence-electron chi connectivity index (χ3n) is 1.21. The molecule has 0 fully saturated rings. The minimum Gasteiger partial charge on any atom is -0.442 e. The maximum Gasteiger partial charge on any atom is 0.186 e. The normalized spacial score (nSPS) is 11.3. The highest BCUT2D eigenvalue weighted by atomic mass is 16.5. The van der Waals surface area contributed by atoms with E-state index < -0.39 is 0 Å². The summed E-state index contributed by atoms with van der Waals surface area (Å²) >= 11 is 0. The number of pyridine rings is 1. The van der Waals surface area contributed by atoms with Gasteiger partial charge in [0.1, 0.15) is 5.75 Å². The lowest BCUT2D eigenvalue weighted by molar-refractivity contribution is 0.542. The molecule has 0 aromatic carbocycles. The average molecular weight is 150 g/mol. The van der Waals surface area contributed by atoms with Crippen LogP contribution in [0.15, 0.2) is 29.5 Å². The Hall–Kier alpha value is -1.38. The molecule has 0 atom stereocenters. The molecule has 0 saturated carbocycles. The van der Waals surface area contributed by atoms with Crippen molar-refractivity contribution in [3.8, 4) is 5.75 Å². The number of aromatic nitrogens is 1. The maximum atomic E-state index is 5.25. The topological polar surface area (TPSA) is 34.5 Å². The van der Waals surface area contributed by atoms with E-state index in [1.807, 2.05) is 12.1 Å². The summed E-state index contributed by atoms with van der Waals surface area (Å²) in [5.41, 5.74) is 0. The predicted molar refractivity (Wildman–Crippen MR) is 43.9 cm³/mol. The molecule has 0 bridgehead atoms. The van der Waals surface area contributed by atoms with E-state index >= 15 is 0 Å². The first-order valence-corrected chi connectivity index (χ1v) is 3.34. The highest BCUT2D eigenvalue weighted by Crippen LogP contribution is 2.05. The number of nitrogens with zero attached hydrogens (tertiary/aromatic N) is 2. The molecule has 0 amide bonds. The molecule has 1 rings (SSSR count). The molecule has 0 saturated heterocycles. The molecule has 0 spiro atoms. The molecular weight excluding hydrogens is 140 g/mol. The van der Waals surface area contributed by atoms with Gasteiger partial charge >= 0.3 is 0 Å². The van der Waals surface area contributed by atoms with Crippen LogP contribution in [0, 0.1) is 0 Å². The van der Waals surface area contributed by atoms with Gasteiger partial charge in [0.05, 0.1) is 6.20 Å². The third kappa shape index (κ3) is 2.37. The lowest BCUT2D eigenvalue weighted by Crippen LogP contribution is -2.02. The molecule has 1 heterocycles. The van der Waals surface area contributed by atoms with Gasteiger partial charge in [-0.15, -0.1) is 0 Å². The van der Waals surface area contributed by atoms with E-state index in [2.05, 4.69) is 9.98 Å². The van der Waals surface area contributed by atoms with E-state index in [-0.39, 0.29) is 0 Å². The van der Waals surface area contributed by atoms with Crippen LogP contribution in [-0.2, 0) is 0 Å². The number of aliphatic imine (C=N–C) groups is 1. The van der Waals surface area contributed by atoms with Crippen molar-refractivity contribution in [3.05, 3.63) is 24.5 Å². The van der Waals surface area contributed by atoms with E-state index in [0.717, 1.165) is 5.75 Å². The molecule has 3 nitrogen and oxygen atoms in total. The van der Waals surface area contributed by atoms with Crippen LogP contribution in [0.4, 0.5) is 0 Å². The van der Waals surface area contributed by atoms with Gasteiger partial charge in [0.25, 0.3) is 0 Å². The first-order valence-electron chi connectivity index (χ1n) is 3.34. The second-order valence-electron chi connectivity index (χ2n) is 2.03. The molecule has 3 heteroatoms. The average Bonchev–Trinajstić information content (AvgIpc) is 2.06. The van der Waals surface area contributed by atoms with Crippen LogP contribution in [0.1, 0.15) is 6.92 Å². The second-order valence-corrected chi connectivity index (χ2v) is 2.03. The summed E-state index contributed by atoms with van der Waals surface area (Å²) in [6, 6.07) is 3.65. The lowest BCUT2D eigenvalue weighted by atomic mass is 10.5. The summed E-state index contributed by atoms with van der Waals surface area (Å²) in [7, 11) is 1.69. The molecule has 0 N–H and O–H groups in total.